The highest BCUT2D eigenvalue weighted by atomic mass is 32.2. The van der Waals surface area contributed by atoms with Gasteiger partial charge in [0, 0.05) is 26.7 Å². The van der Waals surface area contributed by atoms with Gasteiger partial charge in [-0.3, -0.25) is 0 Å². The topological polar surface area (TPSA) is 84.7 Å². The van der Waals surface area contributed by atoms with Gasteiger partial charge in [0.1, 0.15) is 0 Å². The van der Waals surface area contributed by atoms with Crippen LogP contribution in [0.4, 0.5) is 0 Å². The molecule has 0 bridgehead atoms. The molecule has 0 aliphatic rings. The molecule has 0 saturated heterocycles. The van der Waals surface area contributed by atoms with Crippen LogP contribution >= 0.6 is 0 Å². The molecule has 15 heavy (non-hydrogen) atoms. The van der Waals surface area contributed by atoms with Crippen LogP contribution in [0, 0.1) is 0 Å². The molecule has 0 unspecified atom stereocenters. The van der Waals surface area contributed by atoms with Crippen molar-refractivity contribution in [3.05, 3.63) is 0 Å². The summed E-state index contributed by atoms with van der Waals surface area (Å²) in [6.45, 7) is 3.85. The quantitative estimate of drug-likeness (QED) is 0.513. The molecule has 0 aromatic carbocycles. The lowest BCUT2D eigenvalue weighted by Crippen LogP contribution is -2.42. The Morgan fingerprint density at radius 3 is 2.60 bits per heavy atom. The molecule has 0 spiro atoms. The lowest BCUT2D eigenvalue weighted by molar-refractivity contribution is 0.203. The normalized spacial score (nSPS) is 12.3. The van der Waals surface area contributed by atoms with E-state index in [1.807, 2.05) is 0 Å². The summed E-state index contributed by atoms with van der Waals surface area (Å²) in [5, 5.41) is 0. The second-order valence-corrected chi connectivity index (χ2v) is 4.78. The van der Waals surface area contributed by atoms with E-state index in [9.17, 15) is 8.42 Å². The van der Waals surface area contributed by atoms with E-state index in [-0.39, 0.29) is 6.54 Å². The Labute approximate surface area is 92.0 Å². The molecule has 0 fully saturated rings. The van der Waals surface area contributed by atoms with Gasteiger partial charge < -0.3 is 10.5 Å². The average molecular weight is 239 g/mol. The fourth-order valence-corrected chi connectivity index (χ4v) is 2.31. The first-order valence-corrected chi connectivity index (χ1v) is 6.46. The van der Waals surface area contributed by atoms with Crippen LogP contribution in [0.3, 0.4) is 0 Å². The first-order chi connectivity index (χ1) is 7.08. The van der Waals surface area contributed by atoms with E-state index in [0.717, 1.165) is 0 Å². The van der Waals surface area contributed by atoms with Crippen molar-refractivity contribution in [1.82, 2.24) is 9.03 Å². The van der Waals surface area contributed by atoms with Crippen LogP contribution in [0.15, 0.2) is 0 Å². The number of hydrogen-bond acceptors (Lipinski definition) is 4. The van der Waals surface area contributed by atoms with Crippen molar-refractivity contribution >= 4 is 10.2 Å². The molecule has 6 nitrogen and oxygen atoms in total. The minimum absolute atomic E-state index is 0.290. The van der Waals surface area contributed by atoms with Crippen LogP contribution in [0.1, 0.15) is 13.3 Å². The third-order valence-electron chi connectivity index (χ3n) is 1.89. The van der Waals surface area contributed by atoms with Crippen molar-refractivity contribution in [2.45, 2.75) is 13.3 Å². The molecule has 0 rings (SSSR count). The zero-order valence-corrected chi connectivity index (χ0v) is 10.2. The smallest absolute Gasteiger partial charge is 0.279 e. The van der Waals surface area contributed by atoms with Gasteiger partial charge in [-0.2, -0.15) is 17.4 Å². The Morgan fingerprint density at radius 1 is 1.47 bits per heavy atom. The molecule has 0 amide bonds. The van der Waals surface area contributed by atoms with Gasteiger partial charge in [0.25, 0.3) is 10.2 Å². The van der Waals surface area contributed by atoms with Gasteiger partial charge in [0.2, 0.25) is 0 Å². The molecule has 0 atom stereocenters. The van der Waals surface area contributed by atoms with E-state index in [1.54, 1.807) is 6.92 Å². The number of nitrogens with zero attached hydrogens (tertiary/aromatic N) is 1. The predicted molar refractivity (Wildman–Crippen MR) is 59.7 cm³/mol. The van der Waals surface area contributed by atoms with E-state index < -0.39 is 10.2 Å². The summed E-state index contributed by atoms with van der Waals surface area (Å²) in [5.41, 5.74) is 5.33. The van der Waals surface area contributed by atoms with Crippen molar-refractivity contribution in [2.24, 2.45) is 5.73 Å². The van der Waals surface area contributed by atoms with Gasteiger partial charge in [-0.15, -0.1) is 0 Å². The molecule has 0 aliphatic heterocycles. The first kappa shape index (κ1) is 14.8. The molecule has 0 saturated carbocycles. The van der Waals surface area contributed by atoms with Crippen molar-refractivity contribution in [3.63, 3.8) is 0 Å². The minimum Gasteiger partial charge on any atom is -0.383 e. The highest BCUT2D eigenvalue weighted by molar-refractivity contribution is 7.87. The van der Waals surface area contributed by atoms with Crippen LogP contribution in [-0.2, 0) is 14.9 Å². The second-order valence-electron chi connectivity index (χ2n) is 3.03. The summed E-state index contributed by atoms with van der Waals surface area (Å²) >= 11 is 0. The fourth-order valence-electron chi connectivity index (χ4n) is 1.08. The first-order valence-electron chi connectivity index (χ1n) is 5.02. The molecule has 0 heterocycles. The minimum atomic E-state index is -3.37. The Bertz CT molecular complexity index is 244. The standard InChI is InChI=1S/C8H21N3O3S/c1-3-11(7-4-5-9)15(12,13)10-6-8-14-2/h10H,3-9H2,1-2H3. The van der Waals surface area contributed by atoms with E-state index in [4.69, 9.17) is 10.5 Å². The zero-order valence-electron chi connectivity index (χ0n) is 9.40. The van der Waals surface area contributed by atoms with Crippen LogP contribution < -0.4 is 10.5 Å². The lowest BCUT2D eigenvalue weighted by Gasteiger charge is -2.20. The molecule has 0 radical (unpaired) electrons. The number of methoxy groups -OCH3 is 1. The Hall–Kier alpha value is -0.210. The summed E-state index contributed by atoms with van der Waals surface area (Å²) in [4.78, 5) is 0. The molecule has 7 heteroatoms. The van der Waals surface area contributed by atoms with E-state index in [0.29, 0.717) is 32.7 Å². The number of rotatable bonds is 9. The predicted octanol–water partition coefficient (Wildman–Crippen LogP) is -0.862. The van der Waals surface area contributed by atoms with Gasteiger partial charge in [0.05, 0.1) is 6.61 Å². The lowest BCUT2D eigenvalue weighted by atomic mass is 10.4. The maximum absolute atomic E-state index is 11.7. The zero-order chi connectivity index (χ0) is 11.7. The monoisotopic (exact) mass is 239 g/mol. The van der Waals surface area contributed by atoms with Gasteiger partial charge >= 0.3 is 0 Å². The van der Waals surface area contributed by atoms with Crippen LogP contribution in [-0.4, -0.2) is 52.6 Å². The summed E-state index contributed by atoms with van der Waals surface area (Å²) in [6, 6.07) is 0. The number of ether oxygens (including phenoxy) is 1. The van der Waals surface area contributed by atoms with E-state index in [2.05, 4.69) is 4.72 Å². The number of hydrogen-bond donors (Lipinski definition) is 2. The summed E-state index contributed by atoms with van der Waals surface area (Å²) in [7, 11) is -1.84. The molecular formula is C8H21N3O3S. The highest BCUT2D eigenvalue weighted by Gasteiger charge is 2.18. The van der Waals surface area contributed by atoms with Crippen LogP contribution in [0.5, 0.6) is 0 Å². The Morgan fingerprint density at radius 2 is 2.13 bits per heavy atom. The largest absolute Gasteiger partial charge is 0.383 e. The maximum Gasteiger partial charge on any atom is 0.279 e. The number of nitrogens with two attached hydrogens (primary N) is 1. The van der Waals surface area contributed by atoms with E-state index >= 15 is 0 Å². The average Bonchev–Trinajstić information content (AvgIpc) is 2.19. The third kappa shape index (κ3) is 6.06. The van der Waals surface area contributed by atoms with Crippen molar-refractivity contribution in [3.8, 4) is 0 Å². The molecule has 0 aromatic heterocycles. The number of nitrogens with one attached hydrogen (secondary N) is 1. The van der Waals surface area contributed by atoms with Gasteiger partial charge in [-0.25, -0.2) is 0 Å². The van der Waals surface area contributed by atoms with Crippen molar-refractivity contribution in [1.29, 1.82) is 0 Å². The van der Waals surface area contributed by atoms with E-state index in [1.165, 1.54) is 11.4 Å². The maximum atomic E-state index is 11.7. The van der Waals surface area contributed by atoms with Gasteiger partial charge in [-0.05, 0) is 13.0 Å². The van der Waals surface area contributed by atoms with Gasteiger partial charge in [-0.1, -0.05) is 6.92 Å². The fraction of sp³-hybridized carbons (Fsp3) is 1.00. The van der Waals surface area contributed by atoms with Crippen LogP contribution in [0.25, 0.3) is 0 Å². The molecule has 92 valence electrons. The Kier molecular flexibility index (Phi) is 7.89. The molecule has 3 N–H and O–H groups in total. The van der Waals surface area contributed by atoms with Gasteiger partial charge in [0.15, 0.2) is 0 Å². The summed E-state index contributed by atoms with van der Waals surface area (Å²) < 4.78 is 31.9. The summed E-state index contributed by atoms with van der Waals surface area (Å²) in [6.07, 6.45) is 0.666. The second kappa shape index (κ2) is 8.00. The van der Waals surface area contributed by atoms with Crippen molar-refractivity contribution in [2.75, 3.05) is 39.9 Å². The highest BCUT2D eigenvalue weighted by Crippen LogP contribution is 1.98. The van der Waals surface area contributed by atoms with Crippen LogP contribution in [0.2, 0.25) is 0 Å². The molecule has 0 aliphatic carbocycles. The molecule has 0 aromatic rings. The molecular weight excluding hydrogens is 218 g/mol. The third-order valence-corrected chi connectivity index (χ3v) is 3.58. The summed E-state index contributed by atoms with van der Waals surface area (Å²) in [5.74, 6) is 0. The SMILES string of the molecule is CCN(CCCN)S(=O)(=O)NCCOC. The van der Waals surface area contributed by atoms with Crippen molar-refractivity contribution < 1.29 is 13.2 Å². The Balaban J connectivity index is 4.13.